The maximum Gasteiger partial charge on any atom is 0.394 e. The summed E-state index contributed by atoms with van der Waals surface area (Å²) in [6.45, 7) is 6.77. The molecular formula is C8H18N2O5S. The summed E-state index contributed by atoms with van der Waals surface area (Å²) in [7, 11) is -0.736. The number of hydrogen-bond donors (Lipinski definition) is 3. The van der Waals surface area contributed by atoms with Crippen LogP contribution in [0.2, 0.25) is 0 Å². The first kappa shape index (κ1) is 17.4. The molecule has 1 amide bonds. The maximum absolute atomic E-state index is 10.9. The summed E-state index contributed by atoms with van der Waals surface area (Å²) in [4.78, 5) is 12.9. The van der Waals surface area contributed by atoms with Crippen molar-refractivity contribution in [3.05, 3.63) is 12.2 Å². The lowest BCUT2D eigenvalue weighted by Gasteiger charge is -2.09. The van der Waals surface area contributed by atoms with Crippen LogP contribution in [0, 0.1) is 0 Å². The molecule has 0 spiro atoms. The lowest BCUT2D eigenvalue weighted by molar-refractivity contribution is -0.117. The number of nitrogens with one attached hydrogen (secondary N) is 1. The van der Waals surface area contributed by atoms with Crippen LogP contribution in [0.3, 0.4) is 0 Å². The van der Waals surface area contributed by atoms with E-state index in [1.54, 1.807) is 6.92 Å². The molecule has 3 N–H and O–H groups in total. The molecule has 0 aromatic rings. The Kier molecular flexibility index (Phi) is 8.96. The molecule has 0 fully saturated rings. The van der Waals surface area contributed by atoms with Gasteiger partial charge in [-0.25, -0.2) is 0 Å². The van der Waals surface area contributed by atoms with E-state index in [-0.39, 0.29) is 5.91 Å². The fourth-order valence-corrected chi connectivity index (χ4v) is 0.544. The van der Waals surface area contributed by atoms with Gasteiger partial charge in [0.15, 0.2) is 0 Å². The van der Waals surface area contributed by atoms with Crippen LogP contribution in [-0.2, 0) is 15.2 Å². The van der Waals surface area contributed by atoms with Crippen LogP contribution in [0.1, 0.15) is 6.92 Å². The second-order valence-electron chi connectivity index (χ2n) is 3.29. The second kappa shape index (κ2) is 8.22. The predicted octanol–water partition coefficient (Wildman–Crippen LogP) is -0.412. The Morgan fingerprint density at radius 1 is 1.38 bits per heavy atom. The summed E-state index contributed by atoms with van der Waals surface area (Å²) in [6.07, 6.45) is 0. The van der Waals surface area contributed by atoms with Crippen molar-refractivity contribution in [3.63, 3.8) is 0 Å². The molecule has 0 aliphatic rings. The van der Waals surface area contributed by atoms with Gasteiger partial charge in [0.05, 0.1) is 0 Å². The zero-order valence-corrected chi connectivity index (χ0v) is 10.4. The lowest BCUT2D eigenvalue weighted by atomic mass is 10.3. The Hall–Kier alpha value is -0.960. The topological polar surface area (TPSA) is 107 Å². The summed E-state index contributed by atoms with van der Waals surface area (Å²) in [5, 5.41) is 2.73. The number of carbonyl (C=O) groups excluding carboxylic acids is 1. The third-order valence-corrected chi connectivity index (χ3v) is 1.23. The largest absolute Gasteiger partial charge is 0.394 e. The second-order valence-corrected chi connectivity index (χ2v) is 4.18. The van der Waals surface area contributed by atoms with E-state index in [0.717, 1.165) is 6.54 Å². The third kappa shape index (κ3) is 23.1. The molecule has 0 radical (unpaired) electrons. The van der Waals surface area contributed by atoms with Crippen LogP contribution in [-0.4, -0.2) is 55.5 Å². The first-order valence-corrected chi connectivity index (χ1v) is 5.72. The van der Waals surface area contributed by atoms with E-state index in [1.807, 2.05) is 19.0 Å². The fraction of sp³-hybridized carbons (Fsp3) is 0.625. The average molecular weight is 254 g/mol. The number of likely N-dealkylation sites (N-methyl/N-ethyl adjacent to an activating group) is 1. The minimum absolute atomic E-state index is 0.0631. The van der Waals surface area contributed by atoms with E-state index in [2.05, 4.69) is 11.9 Å². The Bertz CT molecular complexity index is 315. The van der Waals surface area contributed by atoms with Gasteiger partial charge in [-0.2, -0.15) is 8.42 Å². The smallest absolute Gasteiger partial charge is 0.351 e. The van der Waals surface area contributed by atoms with E-state index in [0.29, 0.717) is 12.1 Å². The molecule has 0 aromatic carbocycles. The van der Waals surface area contributed by atoms with Crippen LogP contribution in [0.4, 0.5) is 0 Å². The van der Waals surface area contributed by atoms with E-state index >= 15 is 0 Å². The summed E-state index contributed by atoms with van der Waals surface area (Å²) >= 11 is 0. The predicted molar refractivity (Wildman–Crippen MR) is 60.6 cm³/mol. The van der Waals surface area contributed by atoms with Gasteiger partial charge >= 0.3 is 10.4 Å². The molecule has 0 rings (SSSR count). The zero-order valence-electron chi connectivity index (χ0n) is 9.60. The molecule has 0 atom stereocenters. The van der Waals surface area contributed by atoms with E-state index in [9.17, 15) is 4.79 Å². The summed E-state index contributed by atoms with van der Waals surface area (Å²) in [6, 6.07) is 0. The molecule has 0 unspecified atom stereocenters. The number of nitrogens with zero attached hydrogens (tertiary/aromatic N) is 1. The molecule has 0 aliphatic heterocycles. The Morgan fingerprint density at radius 2 is 1.75 bits per heavy atom. The Morgan fingerprint density at radius 3 is 2.00 bits per heavy atom. The first-order chi connectivity index (χ1) is 7.04. The summed E-state index contributed by atoms with van der Waals surface area (Å²) in [5.74, 6) is -0.0631. The van der Waals surface area contributed by atoms with Gasteiger partial charge in [0.25, 0.3) is 0 Å². The van der Waals surface area contributed by atoms with Gasteiger partial charge < -0.3 is 10.2 Å². The van der Waals surface area contributed by atoms with E-state index in [1.165, 1.54) is 0 Å². The lowest BCUT2D eigenvalue weighted by Crippen LogP contribution is -2.31. The normalized spacial score (nSPS) is 10.4. The van der Waals surface area contributed by atoms with Crippen molar-refractivity contribution in [2.24, 2.45) is 0 Å². The number of hydrogen-bond acceptors (Lipinski definition) is 4. The van der Waals surface area contributed by atoms with Gasteiger partial charge in [0.2, 0.25) is 5.91 Å². The van der Waals surface area contributed by atoms with Crippen LogP contribution in [0.5, 0.6) is 0 Å². The highest BCUT2D eigenvalue weighted by molar-refractivity contribution is 7.79. The quantitative estimate of drug-likeness (QED) is 0.465. The van der Waals surface area contributed by atoms with Crippen molar-refractivity contribution in [2.45, 2.75) is 6.92 Å². The van der Waals surface area contributed by atoms with Crippen LogP contribution in [0.15, 0.2) is 12.2 Å². The van der Waals surface area contributed by atoms with E-state index in [4.69, 9.17) is 17.5 Å². The highest BCUT2D eigenvalue weighted by Crippen LogP contribution is 1.84. The molecule has 0 aromatic heterocycles. The molecule has 7 nitrogen and oxygen atoms in total. The van der Waals surface area contributed by atoms with Gasteiger partial charge in [-0.3, -0.25) is 13.9 Å². The zero-order chi connectivity index (χ0) is 13.4. The average Bonchev–Trinajstić information content (AvgIpc) is 1.99. The highest BCUT2D eigenvalue weighted by Gasteiger charge is 1.99. The minimum atomic E-state index is -4.67. The van der Waals surface area contributed by atoms with Gasteiger partial charge in [-0.15, -0.1) is 0 Å². The third-order valence-electron chi connectivity index (χ3n) is 1.23. The molecule has 0 bridgehead atoms. The van der Waals surface area contributed by atoms with Crippen molar-refractivity contribution in [1.29, 1.82) is 0 Å². The molecule has 0 aliphatic carbocycles. The van der Waals surface area contributed by atoms with Crippen molar-refractivity contribution in [1.82, 2.24) is 10.2 Å². The van der Waals surface area contributed by atoms with Crippen LogP contribution >= 0.6 is 0 Å². The minimum Gasteiger partial charge on any atom is -0.351 e. The Labute approximate surface area is 95.7 Å². The molecule has 0 heterocycles. The van der Waals surface area contributed by atoms with Gasteiger partial charge in [0, 0.05) is 18.7 Å². The van der Waals surface area contributed by atoms with Crippen molar-refractivity contribution >= 4 is 16.3 Å². The van der Waals surface area contributed by atoms with Crippen LogP contribution in [0.25, 0.3) is 0 Å². The standard InChI is InChI=1S/C8H16N2O.H2O4S/c1-7(2)8(11)9-5-6-10(3)4;1-5(2,3)4/h1,5-6H2,2-4H3,(H,9,11);(H2,1,2,3,4). The molecular weight excluding hydrogens is 236 g/mol. The molecule has 0 saturated heterocycles. The van der Waals surface area contributed by atoms with Crippen molar-refractivity contribution in [3.8, 4) is 0 Å². The van der Waals surface area contributed by atoms with Crippen LogP contribution < -0.4 is 5.32 Å². The molecule has 8 heteroatoms. The molecule has 16 heavy (non-hydrogen) atoms. The molecule has 96 valence electrons. The number of carbonyl (C=O) groups is 1. The van der Waals surface area contributed by atoms with Gasteiger partial charge in [-0.1, -0.05) is 6.58 Å². The maximum atomic E-state index is 10.9. The molecule has 0 saturated carbocycles. The first-order valence-electron chi connectivity index (χ1n) is 4.32. The highest BCUT2D eigenvalue weighted by atomic mass is 32.3. The summed E-state index contributed by atoms with van der Waals surface area (Å²) < 4.78 is 31.6. The monoisotopic (exact) mass is 254 g/mol. The van der Waals surface area contributed by atoms with Gasteiger partial charge in [-0.05, 0) is 21.0 Å². The Balaban J connectivity index is 0. The number of amides is 1. The van der Waals surface area contributed by atoms with Gasteiger partial charge in [0.1, 0.15) is 0 Å². The fourth-order valence-electron chi connectivity index (χ4n) is 0.544. The SMILES string of the molecule is C=C(C)C(=O)NCCN(C)C.O=S(=O)(O)O. The number of rotatable bonds is 4. The van der Waals surface area contributed by atoms with Crippen molar-refractivity contribution in [2.75, 3.05) is 27.2 Å². The van der Waals surface area contributed by atoms with E-state index < -0.39 is 10.4 Å². The summed E-state index contributed by atoms with van der Waals surface area (Å²) in [5.41, 5.74) is 0.559. The van der Waals surface area contributed by atoms with Crippen molar-refractivity contribution < 1.29 is 22.3 Å².